The summed E-state index contributed by atoms with van der Waals surface area (Å²) < 4.78 is 13.6. The maximum Gasteiger partial charge on any atom is 0.144 e. The van der Waals surface area contributed by atoms with Gasteiger partial charge in [-0.2, -0.15) is 0 Å². The summed E-state index contributed by atoms with van der Waals surface area (Å²) in [4.78, 5) is 2.32. The summed E-state index contributed by atoms with van der Waals surface area (Å²) in [5, 5.41) is 4.52. The third-order valence-corrected chi connectivity index (χ3v) is 13.9. The first kappa shape index (κ1) is 38.1. The number of fused-ring (bicyclic) bond motifs is 10. The summed E-state index contributed by atoms with van der Waals surface area (Å²) in [5.74, 6) is 0. The molecule has 10 aromatic carbocycles. The Morgan fingerprint density at radius 2 is 0.848 bits per heavy atom. The van der Waals surface area contributed by atoms with Crippen molar-refractivity contribution in [3.8, 4) is 55.6 Å². The van der Waals surface area contributed by atoms with Crippen LogP contribution < -0.4 is 4.90 Å². The number of para-hydroxylation sites is 3. The van der Waals surface area contributed by atoms with E-state index in [2.05, 4.69) is 231 Å². The van der Waals surface area contributed by atoms with E-state index in [1.807, 2.05) is 12.1 Å². The van der Waals surface area contributed by atoms with Crippen molar-refractivity contribution in [2.75, 3.05) is 4.90 Å². The molecule has 2 aromatic heterocycles. The van der Waals surface area contributed by atoms with Crippen LogP contribution in [0.15, 0.2) is 233 Å². The smallest absolute Gasteiger partial charge is 0.144 e. The lowest BCUT2D eigenvalue weighted by Crippen LogP contribution is -2.15. The van der Waals surface area contributed by atoms with Crippen molar-refractivity contribution >= 4 is 60.9 Å². The standard InChI is InChI=1S/C63H43NO2/c1-63(2)54-24-11-9-19-50(54)60-55(63)39-53(44-29-27-42(28-30-44)48-21-14-26-57-58(48)51-20-10-12-25-56(51)65-57)59-52-23-13-22-49(61(52)66-62(59)60)43-33-37-47(38-34-43)64(45-17-7-4-8-18-45)46-35-31-41(32-36-46)40-15-5-3-6-16-40/h3-39H,1-2H3. The Morgan fingerprint density at radius 3 is 1.61 bits per heavy atom. The third-order valence-electron chi connectivity index (χ3n) is 13.9. The summed E-state index contributed by atoms with van der Waals surface area (Å²) in [6.45, 7) is 4.69. The lowest BCUT2D eigenvalue weighted by molar-refractivity contribution is 0.654. The van der Waals surface area contributed by atoms with Crippen molar-refractivity contribution in [1.82, 2.24) is 0 Å². The van der Waals surface area contributed by atoms with Crippen molar-refractivity contribution in [2.24, 2.45) is 0 Å². The molecule has 0 saturated carbocycles. The number of hydrogen-bond donors (Lipinski definition) is 0. The number of anilines is 3. The van der Waals surface area contributed by atoms with Crippen LogP contribution in [-0.4, -0.2) is 0 Å². The predicted molar refractivity (Wildman–Crippen MR) is 275 cm³/mol. The van der Waals surface area contributed by atoms with Gasteiger partial charge in [-0.25, -0.2) is 0 Å². The SMILES string of the molecule is CC1(C)c2ccccc2-c2c1cc(-c1ccc(-c3cccc4oc5ccccc5c34)cc1)c1c2oc2c(-c3ccc(N(c4ccccc4)c4ccc(-c5ccccc5)cc4)cc3)cccc21. The van der Waals surface area contributed by atoms with E-state index in [1.165, 1.54) is 38.9 Å². The van der Waals surface area contributed by atoms with Gasteiger partial charge in [-0.3, -0.25) is 0 Å². The van der Waals surface area contributed by atoms with E-state index >= 15 is 0 Å². The second kappa shape index (κ2) is 14.8. The van der Waals surface area contributed by atoms with Gasteiger partial charge in [0.25, 0.3) is 0 Å². The highest BCUT2D eigenvalue weighted by atomic mass is 16.3. The molecule has 0 radical (unpaired) electrons. The molecule has 13 rings (SSSR count). The maximum atomic E-state index is 7.31. The van der Waals surface area contributed by atoms with Gasteiger partial charge in [0, 0.05) is 55.1 Å². The molecule has 3 nitrogen and oxygen atoms in total. The van der Waals surface area contributed by atoms with E-state index in [0.29, 0.717) is 0 Å². The van der Waals surface area contributed by atoms with E-state index < -0.39 is 0 Å². The summed E-state index contributed by atoms with van der Waals surface area (Å²) in [6, 6.07) is 80.5. The first-order chi connectivity index (χ1) is 32.5. The minimum absolute atomic E-state index is 0.211. The summed E-state index contributed by atoms with van der Waals surface area (Å²) in [7, 11) is 0. The fourth-order valence-corrected chi connectivity index (χ4v) is 10.7. The topological polar surface area (TPSA) is 29.5 Å². The molecular formula is C63H43NO2. The Balaban J connectivity index is 0.948. The molecule has 312 valence electrons. The summed E-state index contributed by atoms with van der Waals surface area (Å²) in [6.07, 6.45) is 0. The molecule has 0 atom stereocenters. The molecule has 66 heavy (non-hydrogen) atoms. The zero-order chi connectivity index (χ0) is 43.9. The Labute approximate surface area is 383 Å². The monoisotopic (exact) mass is 845 g/mol. The highest BCUT2D eigenvalue weighted by molar-refractivity contribution is 6.20. The Bertz CT molecular complexity index is 3800. The van der Waals surface area contributed by atoms with Gasteiger partial charge in [0.15, 0.2) is 0 Å². The van der Waals surface area contributed by atoms with E-state index in [9.17, 15) is 0 Å². The van der Waals surface area contributed by atoms with Crippen molar-refractivity contribution in [3.05, 3.63) is 236 Å². The highest BCUT2D eigenvalue weighted by Crippen LogP contribution is 2.55. The second-order valence-corrected chi connectivity index (χ2v) is 18.0. The number of nitrogens with zero attached hydrogens (tertiary/aromatic N) is 1. The molecule has 0 N–H and O–H groups in total. The molecule has 1 aliphatic carbocycles. The molecule has 0 saturated heterocycles. The van der Waals surface area contributed by atoms with Gasteiger partial charge < -0.3 is 13.7 Å². The van der Waals surface area contributed by atoms with Crippen LogP contribution in [0.1, 0.15) is 25.0 Å². The molecule has 3 heteroatoms. The quantitative estimate of drug-likeness (QED) is 0.160. The average Bonchev–Trinajstić information content (AvgIpc) is 4.03. The maximum absolute atomic E-state index is 7.31. The summed E-state index contributed by atoms with van der Waals surface area (Å²) in [5.41, 5.74) is 20.9. The molecule has 0 spiro atoms. The third kappa shape index (κ3) is 5.90. The van der Waals surface area contributed by atoms with Crippen LogP contribution in [0.4, 0.5) is 17.1 Å². The van der Waals surface area contributed by atoms with Gasteiger partial charge >= 0.3 is 0 Å². The first-order valence-electron chi connectivity index (χ1n) is 22.7. The van der Waals surface area contributed by atoms with Gasteiger partial charge in [-0.1, -0.05) is 184 Å². The molecular weight excluding hydrogens is 803 g/mol. The van der Waals surface area contributed by atoms with Gasteiger partial charge in [-0.15, -0.1) is 0 Å². The van der Waals surface area contributed by atoms with Crippen LogP contribution in [0, 0.1) is 0 Å². The van der Waals surface area contributed by atoms with E-state index in [-0.39, 0.29) is 5.41 Å². The lowest BCUT2D eigenvalue weighted by atomic mass is 9.81. The Hall–Kier alpha value is -8.40. The fraction of sp³-hybridized carbons (Fsp3) is 0.0476. The molecule has 1 aliphatic rings. The highest BCUT2D eigenvalue weighted by Gasteiger charge is 2.39. The average molecular weight is 846 g/mol. The van der Waals surface area contributed by atoms with E-state index in [0.717, 1.165) is 88.8 Å². The zero-order valence-corrected chi connectivity index (χ0v) is 36.6. The number of furan rings is 2. The minimum atomic E-state index is -0.211. The molecule has 0 aliphatic heterocycles. The number of benzene rings is 10. The molecule has 0 unspecified atom stereocenters. The number of rotatable bonds is 7. The van der Waals surface area contributed by atoms with Gasteiger partial charge in [0.05, 0.1) is 0 Å². The van der Waals surface area contributed by atoms with Crippen molar-refractivity contribution in [1.29, 1.82) is 0 Å². The van der Waals surface area contributed by atoms with Crippen LogP contribution in [0.25, 0.3) is 99.5 Å². The van der Waals surface area contributed by atoms with Crippen molar-refractivity contribution in [2.45, 2.75) is 19.3 Å². The largest absolute Gasteiger partial charge is 0.456 e. The van der Waals surface area contributed by atoms with E-state index in [1.54, 1.807) is 0 Å². The predicted octanol–water partition coefficient (Wildman–Crippen LogP) is 17.9. The molecule has 0 amide bonds. The van der Waals surface area contributed by atoms with Crippen LogP contribution in [0.2, 0.25) is 0 Å². The van der Waals surface area contributed by atoms with Crippen LogP contribution in [0.3, 0.4) is 0 Å². The zero-order valence-electron chi connectivity index (χ0n) is 36.6. The van der Waals surface area contributed by atoms with Crippen molar-refractivity contribution < 1.29 is 8.83 Å². The normalized spacial score (nSPS) is 12.8. The number of hydrogen-bond acceptors (Lipinski definition) is 3. The lowest BCUT2D eigenvalue weighted by Gasteiger charge is -2.26. The Kier molecular flexibility index (Phi) is 8.56. The molecule has 12 aromatic rings. The minimum Gasteiger partial charge on any atom is -0.456 e. The Morgan fingerprint density at radius 1 is 0.333 bits per heavy atom. The van der Waals surface area contributed by atoms with E-state index in [4.69, 9.17) is 8.83 Å². The molecule has 2 heterocycles. The fourth-order valence-electron chi connectivity index (χ4n) is 10.7. The molecule has 0 fully saturated rings. The molecule has 0 bridgehead atoms. The van der Waals surface area contributed by atoms with Gasteiger partial charge in [0.2, 0.25) is 0 Å². The van der Waals surface area contributed by atoms with Gasteiger partial charge in [0.1, 0.15) is 22.3 Å². The van der Waals surface area contributed by atoms with Gasteiger partial charge in [-0.05, 0) is 110 Å². The van der Waals surface area contributed by atoms with Crippen molar-refractivity contribution in [3.63, 3.8) is 0 Å². The second-order valence-electron chi connectivity index (χ2n) is 18.0. The summed E-state index contributed by atoms with van der Waals surface area (Å²) >= 11 is 0. The van der Waals surface area contributed by atoms with Crippen LogP contribution in [0.5, 0.6) is 0 Å². The van der Waals surface area contributed by atoms with Crippen LogP contribution >= 0.6 is 0 Å². The first-order valence-corrected chi connectivity index (χ1v) is 22.7. The van der Waals surface area contributed by atoms with Crippen LogP contribution in [-0.2, 0) is 5.41 Å².